The lowest BCUT2D eigenvalue weighted by Gasteiger charge is -2.17. The first-order chi connectivity index (χ1) is 12.6. The van der Waals surface area contributed by atoms with E-state index in [0.717, 1.165) is 32.2 Å². The third kappa shape index (κ3) is 4.00. The van der Waals surface area contributed by atoms with E-state index in [4.69, 9.17) is 4.74 Å². The number of hydrogen-bond donors (Lipinski definition) is 2. The molecule has 7 nitrogen and oxygen atoms in total. The van der Waals surface area contributed by atoms with Crippen molar-refractivity contribution in [2.45, 2.75) is 37.8 Å². The number of imide groups is 1. The van der Waals surface area contributed by atoms with Crippen LogP contribution in [0.4, 0.5) is 0 Å². The van der Waals surface area contributed by atoms with Crippen molar-refractivity contribution in [3.05, 3.63) is 34.9 Å². The number of nitrogens with zero attached hydrogens (tertiary/aromatic N) is 1. The zero-order valence-corrected chi connectivity index (χ0v) is 15.8. The summed E-state index contributed by atoms with van der Waals surface area (Å²) in [6, 6.07) is 5.02. The van der Waals surface area contributed by atoms with Crippen LogP contribution in [0, 0.1) is 0 Å². The highest BCUT2D eigenvalue weighted by atomic mass is 35.5. The van der Waals surface area contributed by atoms with E-state index < -0.39 is 0 Å². The second-order valence-corrected chi connectivity index (χ2v) is 7.12. The number of amides is 3. The summed E-state index contributed by atoms with van der Waals surface area (Å²) in [6.45, 7) is 2.50. The Morgan fingerprint density at radius 3 is 2.70 bits per heavy atom. The first-order valence-corrected chi connectivity index (χ1v) is 9.27. The van der Waals surface area contributed by atoms with E-state index in [1.54, 1.807) is 12.1 Å². The third-order valence-electron chi connectivity index (χ3n) is 5.31. The quantitative estimate of drug-likeness (QED) is 0.737. The molecule has 8 heteroatoms. The van der Waals surface area contributed by atoms with Crippen LogP contribution in [-0.2, 0) is 4.74 Å². The van der Waals surface area contributed by atoms with Gasteiger partial charge in [-0.1, -0.05) is 0 Å². The Morgan fingerprint density at radius 2 is 2.00 bits per heavy atom. The molecule has 0 aliphatic carbocycles. The van der Waals surface area contributed by atoms with E-state index in [0.29, 0.717) is 35.9 Å². The second-order valence-electron chi connectivity index (χ2n) is 7.12. The summed E-state index contributed by atoms with van der Waals surface area (Å²) in [6.07, 6.45) is 3.90. The maximum absolute atomic E-state index is 12.6. The molecule has 3 amide bonds. The molecule has 27 heavy (non-hydrogen) atoms. The van der Waals surface area contributed by atoms with Gasteiger partial charge in [-0.05, 0) is 50.4 Å². The highest BCUT2D eigenvalue weighted by molar-refractivity contribution is 6.22. The van der Waals surface area contributed by atoms with Gasteiger partial charge < -0.3 is 15.4 Å². The Labute approximate surface area is 164 Å². The number of ether oxygens (including phenoxy) is 1. The number of hydrogen-bond acceptors (Lipinski definition) is 5. The number of benzene rings is 1. The van der Waals surface area contributed by atoms with Crippen molar-refractivity contribution in [1.82, 2.24) is 15.5 Å². The molecule has 1 aromatic carbocycles. The molecule has 2 fully saturated rings. The van der Waals surface area contributed by atoms with Crippen LogP contribution >= 0.6 is 12.4 Å². The van der Waals surface area contributed by atoms with Gasteiger partial charge in [0.15, 0.2) is 0 Å². The first kappa shape index (κ1) is 19.8. The summed E-state index contributed by atoms with van der Waals surface area (Å²) in [7, 11) is 0. The molecule has 146 valence electrons. The van der Waals surface area contributed by atoms with E-state index in [2.05, 4.69) is 10.6 Å². The van der Waals surface area contributed by atoms with Crippen molar-refractivity contribution in [3.8, 4) is 0 Å². The molecule has 0 saturated carbocycles. The second kappa shape index (κ2) is 8.37. The lowest BCUT2D eigenvalue weighted by Crippen LogP contribution is -2.37. The molecule has 3 aliphatic rings. The Bertz CT molecular complexity index is 742. The van der Waals surface area contributed by atoms with Crippen LogP contribution in [0.1, 0.15) is 56.8 Å². The van der Waals surface area contributed by atoms with Gasteiger partial charge in [0.05, 0.1) is 23.8 Å². The zero-order chi connectivity index (χ0) is 18.1. The predicted octanol–water partition coefficient (Wildman–Crippen LogP) is 1.37. The summed E-state index contributed by atoms with van der Waals surface area (Å²) in [4.78, 5) is 38.8. The standard InChI is InChI=1S/C19H23N3O4.ClH/c23-17(21-10-13-3-1-7-20-13)12-5-6-15-16(9-12)19(25)22(18(15)24)11-14-4-2-8-26-14;/h5-6,9,13-14,20H,1-4,7-8,10-11H2,(H,21,23);1H. The minimum absolute atomic E-state index is 0. The van der Waals surface area contributed by atoms with Crippen molar-refractivity contribution in [2.75, 3.05) is 26.2 Å². The summed E-state index contributed by atoms with van der Waals surface area (Å²) in [5.41, 5.74) is 1.07. The van der Waals surface area contributed by atoms with E-state index in [-0.39, 0.29) is 42.8 Å². The average Bonchev–Trinajstić information content (AvgIpc) is 3.39. The van der Waals surface area contributed by atoms with Gasteiger partial charge in [-0.15, -0.1) is 12.4 Å². The molecular formula is C19H24ClN3O4. The van der Waals surface area contributed by atoms with E-state index in [1.807, 2.05) is 0 Å². The molecular weight excluding hydrogens is 370 g/mol. The number of nitrogens with one attached hydrogen (secondary N) is 2. The number of halogens is 1. The minimum atomic E-state index is -0.340. The number of fused-ring (bicyclic) bond motifs is 1. The highest BCUT2D eigenvalue weighted by Crippen LogP contribution is 2.26. The molecule has 3 aliphatic heterocycles. The van der Waals surface area contributed by atoms with Crippen LogP contribution < -0.4 is 10.6 Å². The lowest BCUT2D eigenvalue weighted by atomic mass is 10.1. The SMILES string of the molecule is Cl.O=C(NCC1CCCN1)c1ccc2c(c1)C(=O)N(CC1CCCO1)C2=O. The molecule has 0 aromatic heterocycles. The van der Waals surface area contributed by atoms with Crippen molar-refractivity contribution >= 4 is 30.1 Å². The van der Waals surface area contributed by atoms with Crippen LogP contribution in [0.3, 0.4) is 0 Å². The van der Waals surface area contributed by atoms with Crippen LogP contribution in [0.15, 0.2) is 18.2 Å². The maximum atomic E-state index is 12.6. The van der Waals surface area contributed by atoms with E-state index in [9.17, 15) is 14.4 Å². The summed E-state index contributed by atoms with van der Waals surface area (Å²) >= 11 is 0. The van der Waals surface area contributed by atoms with Gasteiger partial charge in [0.25, 0.3) is 17.7 Å². The Morgan fingerprint density at radius 1 is 1.19 bits per heavy atom. The molecule has 0 radical (unpaired) electrons. The normalized spacial score (nSPS) is 24.1. The van der Waals surface area contributed by atoms with Crippen molar-refractivity contribution in [1.29, 1.82) is 0 Å². The summed E-state index contributed by atoms with van der Waals surface area (Å²) in [5.74, 6) is -0.866. The topological polar surface area (TPSA) is 87.7 Å². The van der Waals surface area contributed by atoms with Gasteiger partial charge in [0, 0.05) is 24.8 Å². The number of rotatable bonds is 5. The zero-order valence-electron chi connectivity index (χ0n) is 15.0. The van der Waals surface area contributed by atoms with Crippen molar-refractivity contribution < 1.29 is 19.1 Å². The van der Waals surface area contributed by atoms with Crippen LogP contribution in [0.5, 0.6) is 0 Å². The average molecular weight is 394 g/mol. The molecule has 2 saturated heterocycles. The Balaban J connectivity index is 0.00000210. The Hall–Kier alpha value is -1.96. The van der Waals surface area contributed by atoms with Gasteiger partial charge in [-0.2, -0.15) is 0 Å². The fourth-order valence-electron chi connectivity index (χ4n) is 3.84. The molecule has 0 spiro atoms. The van der Waals surface area contributed by atoms with Gasteiger partial charge in [-0.3, -0.25) is 19.3 Å². The summed E-state index contributed by atoms with van der Waals surface area (Å²) in [5, 5.41) is 6.22. The Kier molecular flexibility index (Phi) is 6.14. The predicted molar refractivity (Wildman–Crippen MR) is 101 cm³/mol. The number of carbonyl (C=O) groups excluding carboxylic acids is 3. The molecule has 2 atom stereocenters. The van der Waals surface area contributed by atoms with Gasteiger partial charge in [0.1, 0.15) is 0 Å². The van der Waals surface area contributed by atoms with Gasteiger partial charge in [0.2, 0.25) is 0 Å². The van der Waals surface area contributed by atoms with Gasteiger partial charge in [-0.25, -0.2) is 0 Å². The number of carbonyl (C=O) groups is 3. The smallest absolute Gasteiger partial charge is 0.261 e. The molecule has 4 rings (SSSR count). The highest BCUT2D eigenvalue weighted by Gasteiger charge is 2.37. The minimum Gasteiger partial charge on any atom is -0.376 e. The molecule has 1 aromatic rings. The van der Waals surface area contributed by atoms with E-state index in [1.165, 1.54) is 11.0 Å². The van der Waals surface area contributed by atoms with Crippen LogP contribution in [-0.4, -0.2) is 61.0 Å². The maximum Gasteiger partial charge on any atom is 0.261 e. The monoisotopic (exact) mass is 393 g/mol. The molecule has 2 unspecified atom stereocenters. The van der Waals surface area contributed by atoms with E-state index >= 15 is 0 Å². The largest absolute Gasteiger partial charge is 0.376 e. The fraction of sp³-hybridized carbons (Fsp3) is 0.526. The van der Waals surface area contributed by atoms with Crippen LogP contribution in [0.2, 0.25) is 0 Å². The van der Waals surface area contributed by atoms with Crippen molar-refractivity contribution in [2.24, 2.45) is 0 Å². The molecule has 0 bridgehead atoms. The third-order valence-corrected chi connectivity index (χ3v) is 5.31. The lowest BCUT2D eigenvalue weighted by molar-refractivity contribution is 0.0475. The van der Waals surface area contributed by atoms with Gasteiger partial charge >= 0.3 is 0 Å². The molecule has 3 heterocycles. The van der Waals surface area contributed by atoms with Crippen molar-refractivity contribution in [3.63, 3.8) is 0 Å². The first-order valence-electron chi connectivity index (χ1n) is 9.27. The summed E-state index contributed by atoms with van der Waals surface area (Å²) < 4.78 is 5.54. The molecule has 2 N–H and O–H groups in total. The fourth-order valence-corrected chi connectivity index (χ4v) is 3.84. The van der Waals surface area contributed by atoms with Crippen LogP contribution in [0.25, 0.3) is 0 Å².